The first-order chi connectivity index (χ1) is 10.8. The Hall–Kier alpha value is -0.810. The zero-order valence-corrected chi connectivity index (χ0v) is 15.7. The zero-order chi connectivity index (χ0) is 17.0. The fourth-order valence-corrected chi connectivity index (χ4v) is 3.89. The van der Waals surface area contributed by atoms with Crippen LogP contribution in [-0.4, -0.2) is 71.8 Å². The van der Waals surface area contributed by atoms with Gasteiger partial charge in [0.2, 0.25) is 0 Å². The van der Waals surface area contributed by atoms with Crippen molar-refractivity contribution < 1.29 is 5.11 Å². The first-order valence-corrected chi connectivity index (χ1v) is 9.28. The van der Waals surface area contributed by atoms with Crippen LogP contribution in [0.15, 0.2) is 4.99 Å². The van der Waals surface area contributed by atoms with Crippen molar-refractivity contribution in [2.24, 2.45) is 16.8 Å². The van der Waals surface area contributed by atoms with Gasteiger partial charge in [-0.3, -0.25) is 9.89 Å². The van der Waals surface area contributed by atoms with Gasteiger partial charge in [0, 0.05) is 38.3 Å². The van der Waals surface area contributed by atoms with Gasteiger partial charge >= 0.3 is 0 Å². The molecular formula is C18H36N4O. The summed E-state index contributed by atoms with van der Waals surface area (Å²) < 4.78 is 0. The molecule has 0 spiro atoms. The molecule has 2 aliphatic rings. The Morgan fingerprint density at radius 2 is 1.87 bits per heavy atom. The number of piperidine rings is 1. The smallest absolute Gasteiger partial charge is 0.194 e. The second-order valence-corrected chi connectivity index (χ2v) is 8.22. The fraction of sp³-hybridized carbons (Fsp3) is 0.944. The summed E-state index contributed by atoms with van der Waals surface area (Å²) in [6.07, 6.45) is 1.97. The predicted octanol–water partition coefficient (Wildman–Crippen LogP) is 1.77. The van der Waals surface area contributed by atoms with E-state index in [4.69, 9.17) is 4.99 Å². The number of aliphatic hydroxyl groups is 1. The van der Waals surface area contributed by atoms with Crippen LogP contribution in [0.2, 0.25) is 0 Å². The van der Waals surface area contributed by atoms with Crippen molar-refractivity contribution in [3.05, 3.63) is 0 Å². The lowest BCUT2D eigenvalue weighted by Gasteiger charge is -2.44. The topological polar surface area (TPSA) is 51.1 Å². The van der Waals surface area contributed by atoms with E-state index in [0.29, 0.717) is 6.54 Å². The van der Waals surface area contributed by atoms with Crippen molar-refractivity contribution in [3.63, 3.8) is 0 Å². The van der Waals surface area contributed by atoms with Crippen molar-refractivity contribution >= 4 is 5.96 Å². The van der Waals surface area contributed by atoms with E-state index in [-0.39, 0.29) is 11.6 Å². The minimum absolute atomic E-state index is 0.0714. The van der Waals surface area contributed by atoms with Crippen LogP contribution in [0.3, 0.4) is 0 Å². The molecule has 0 aliphatic carbocycles. The van der Waals surface area contributed by atoms with E-state index in [0.717, 1.165) is 43.9 Å². The second kappa shape index (κ2) is 7.84. The molecule has 2 saturated heterocycles. The molecule has 2 rings (SSSR count). The van der Waals surface area contributed by atoms with Gasteiger partial charge in [0.1, 0.15) is 0 Å². The summed E-state index contributed by atoms with van der Waals surface area (Å²) in [6.45, 7) is 17.0. The third-order valence-electron chi connectivity index (χ3n) is 5.14. The molecule has 3 atom stereocenters. The largest absolute Gasteiger partial charge is 0.391 e. The molecule has 134 valence electrons. The van der Waals surface area contributed by atoms with E-state index >= 15 is 0 Å². The first-order valence-electron chi connectivity index (χ1n) is 9.28. The lowest BCUT2D eigenvalue weighted by atomic mass is 9.88. The van der Waals surface area contributed by atoms with Crippen molar-refractivity contribution in [2.75, 3.05) is 39.3 Å². The highest BCUT2D eigenvalue weighted by Gasteiger charge is 2.33. The molecule has 0 aromatic carbocycles. The van der Waals surface area contributed by atoms with Gasteiger partial charge in [0.15, 0.2) is 5.96 Å². The number of aliphatic imine (C=N–C) groups is 1. The lowest BCUT2D eigenvalue weighted by molar-refractivity contribution is 0.0511. The molecule has 2 aliphatic heterocycles. The highest BCUT2D eigenvalue weighted by molar-refractivity contribution is 5.80. The number of hydrogen-bond acceptors (Lipinski definition) is 3. The molecule has 0 amide bonds. The molecule has 5 nitrogen and oxygen atoms in total. The highest BCUT2D eigenvalue weighted by atomic mass is 16.3. The maximum absolute atomic E-state index is 9.77. The van der Waals surface area contributed by atoms with Gasteiger partial charge in [-0.1, -0.05) is 13.8 Å². The third kappa shape index (κ3) is 5.08. The molecule has 0 aromatic rings. The van der Waals surface area contributed by atoms with Crippen molar-refractivity contribution in [1.29, 1.82) is 0 Å². The average Bonchev–Trinajstić information content (AvgIpc) is 2.89. The van der Waals surface area contributed by atoms with Gasteiger partial charge in [0.25, 0.3) is 0 Å². The molecule has 2 heterocycles. The van der Waals surface area contributed by atoms with Gasteiger partial charge in [-0.25, -0.2) is 0 Å². The van der Waals surface area contributed by atoms with Crippen molar-refractivity contribution in [1.82, 2.24) is 15.1 Å². The van der Waals surface area contributed by atoms with Crippen molar-refractivity contribution in [3.8, 4) is 0 Å². The summed E-state index contributed by atoms with van der Waals surface area (Å²) in [5, 5.41) is 13.2. The molecular weight excluding hydrogens is 288 g/mol. The number of rotatable bonds is 4. The van der Waals surface area contributed by atoms with Crippen LogP contribution in [-0.2, 0) is 0 Å². The quantitative estimate of drug-likeness (QED) is 0.611. The van der Waals surface area contributed by atoms with Crippen LogP contribution in [0.4, 0.5) is 0 Å². The SMILES string of the molecule is CCNC(=NCC(C)(C)N1CC(C)CC(C)C1)N1CC[C@@H](O)C1. The highest BCUT2D eigenvalue weighted by Crippen LogP contribution is 2.27. The number of hydrogen-bond donors (Lipinski definition) is 2. The van der Waals surface area contributed by atoms with E-state index in [1.54, 1.807) is 0 Å². The molecule has 0 radical (unpaired) electrons. The Morgan fingerprint density at radius 3 is 2.39 bits per heavy atom. The van der Waals surface area contributed by atoms with E-state index in [2.05, 4.69) is 49.7 Å². The number of nitrogens with one attached hydrogen (secondary N) is 1. The molecule has 5 heteroatoms. The Morgan fingerprint density at radius 1 is 1.22 bits per heavy atom. The molecule has 23 heavy (non-hydrogen) atoms. The van der Waals surface area contributed by atoms with Gasteiger partial charge in [-0.05, 0) is 45.4 Å². The standard InChI is InChI=1S/C18H36N4O/c1-6-19-17(21-8-7-16(23)12-21)20-13-18(4,5)22-10-14(2)9-15(3)11-22/h14-16,23H,6-13H2,1-5H3,(H,19,20)/t14?,15?,16-/m1/s1. The Labute approximate surface area is 142 Å². The van der Waals surface area contributed by atoms with Gasteiger partial charge in [-0.2, -0.15) is 0 Å². The van der Waals surface area contributed by atoms with Crippen LogP contribution < -0.4 is 5.32 Å². The first kappa shape index (κ1) is 18.5. The minimum Gasteiger partial charge on any atom is -0.391 e. The summed E-state index contributed by atoms with van der Waals surface area (Å²) in [6, 6.07) is 0. The average molecular weight is 325 g/mol. The summed E-state index contributed by atoms with van der Waals surface area (Å²) >= 11 is 0. The van der Waals surface area contributed by atoms with Gasteiger partial charge in [0.05, 0.1) is 12.6 Å². The fourth-order valence-electron chi connectivity index (χ4n) is 3.89. The zero-order valence-electron chi connectivity index (χ0n) is 15.7. The Kier molecular flexibility index (Phi) is 6.32. The van der Waals surface area contributed by atoms with Gasteiger partial charge < -0.3 is 15.3 Å². The Balaban J connectivity index is 2.01. The summed E-state index contributed by atoms with van der Waals surface area (Å²) in [5.74, 6) is 2.49. The van der Waals surface area contributed by atoms with Crippen LogP contribution in [0, 0.1) is 11.8 Å². The number of aliphatic hydroxyl groups excluding tert-OH is 1. The molecule has 2 N–H and O–H groups in total. The summed E-state index contributed by atoms with van der Waals surface area (Å²) in [7, 11) is 0. The Bertz CT molecular complexity index is 400. The van der Waals surface area contributed by atoms with Gasteiger partial charge in [-0.15, -0.1) is 0 Å². The van der Waals surface area contributed by atoms with Crippen LogP contribution in [0.1, 0.15) is 47.5 Å². The van der Waals surface area contributed by atoms with Crippen molar-refractivity contribution in [2.45, 2.75) is 59.1 Å². The normalized spacial score (nSPS) is 30.8. The van der Waals surface area contributed by atoms with E-state index in [1.807, 2.05) is 0 Å². The van der Waals surface area contributed by atoms with Crippen LogP contribution in [0.25, 0.3) is 0 Å². The monoisotopic (exact) mass is 324 g/mol. The molecule has 2 unspecified atom stereocenters. The number of β-amino-alcohol motifs (C(OH)–C–C–N with tert-alkyl or cyclic N) is 1. The lowest BCUT2D eigenvalue weighted by Crippen LogP contribution is -2.53. The summed E-state index contributed by atoms with van der Waals surface area (Å²) in [4.78, 5) is 9.70. The predicted molar refractivity (Wildman–Crippen MR) is 96.8 cm³/mol. The van der Waals surface area contributed by atoms with Crippen LogP contribution in [0.5, 0.6) is 0 Å². The second-order valence-electron chi connectivity index (χ2n) is 8.22. The van der Waals surface area contributed by atoms with E-state index in [1.165, 1.54) is 19.5 Å². The molecule has 0 saturated carbocycles. The maximum atomic E-state index is 9.77. The third-order valence-corrected chi connectivity index (χ3v) is 5.14. The van der Waals surface area contributed by atoms with Crippen LogP contribution >= 0.6 is 0 Å². The maximum Gasteiger partial charge on any atom is 0.194 e. The number of nitrogens with zero attached hydrogens (tertiary/aromatic N) is 3. The molecule has 2 fully saturated rings. The number of guanidine groups is 1. The molecule has 0 bridgehead atoms. The summed E-state index contributed by atoms with van der Waals surface area (Å²) in [5.41, 5.74) is 0.0714. The van der Waals surface area contributed by atoms with E-state index in [9.17, 15) is 5.11 Å². The molecule has 0 aromatic heterocycles. The van der Waals surface area contributed by atoms with E-state index < -0.39 is 0 Å². The number of likely N-dealkylation sites (tertiary alicyclic amines) is 2. The minimum atomic E-state index is -0.212.